The molecule has 1 aromatic heterocycles. The van der Waals surface area contributed by atoms with Crippen molar-refractivity contribution in [2.24, 2.45) is 28.9 Å². The highest BCUT2D eigenvalue weighted by atomic mass is 16.4. The van der Waals surface area contributed by atoms with Gasteiger partial charge in [-0.15, -0.1) is 0 Å². The van der Waals surface area contributed by atoms with Crippen LogP contribution in [0.2, 0.25) is 0 Å². The van der Waals surface area contributed by atoms with Gasteiger partial charge in [0.05, 0.1) is 12.7 Å². The number of hydrogen-bond donors (Lipinski definition) is 15. The average Bonchev–Trinajstić information content (AvgIpc) is 3.80. The van der Waals surface area contributed by atoms with Crippen LogP contribution in [-0.4, -0.2) is 154 Å². The molecule has 19 N–H and O–H groups in total. The van der Waals surface area contributed by atoms with E-state index in [0.29, 0.717) is 31.5 Å². The van der Waals surface area contributed by atoms with Gasteiger partial charge in [0, 0.05) is 50.7 Å². The summed E-state index contributed by atoms with van der Waals surface area (Å²) in [4.78, 5) is 150. The second-order valence-electron chi connectivity index (χ2n) is 17.0. The quantitative estimate of drug-likeness (QED) is 0.0281. The van der Waals surface area contributed by atoms with Gasteiger partial charge in [0.1, 0.15) is 42.3 Å². The first-order chi connectivity index (χ1) is 33.1. The minimum Gasteiger partial charge on any atom is -0.481 e. The molecule has 1 heterocycles. The Kier molecular flexibility index (Phi) is 29.5. The summed E-state index contributed by atoms with van der Waals surface area (Å²) >= 11 is 0. The molecule has 0 aliphatic rings. The van der Waals surface area contributed by atoms with Gasteiger partial charge >= 0.3 is 11.9 Å². The molecule has 9 amide bonds. The van der Waals surface area contributed by atoms with E-state index in [0.717, 1.165) is 0 Å². The molecule has 0 bridgehead atoms. The van der Waals surface area contributed by atoms with Gasteiger partial charge < -0.3 is 80.7 Å². The number of unbranched alkanes of at least 4 members (excludes halogenated alkanes) is 2. The SMILES string of the molecule is CC(C)C[C@H](NC(=O)[C@H](C)NC(=O)CCN)C(=O)N[C@@H](CCC(=O)O)C(=O)N[C@@H](CCC(N)=O)C(=O)N[C@@H](CCCCN)C(=O)N[C@@H](Cc1cnc[nH]1)C(=O)N[C@@H](CCCCN)C(=O)NCCC(=O)O. The number of carbonyl (C=O) groups excluding carboxylic acids is 9. The molecule has 27 nitrogen and oxygen atoms in total. The molecule has 1 rings (SSSR count). The molecule has 7 atom stereocenters. The summed E-state index contributed by atoms with van der Waals surface area (Å²) in [6.07, 6.45) is 1.83. The lowest BCUT2D eigenvalue weighted by Crippen LogP contribution is -2.60. The van der Waals surface area contributed by atoms with Gasteiger partial charge in [-0.1, -0.05) is 13.8 Å². The first-order valence-corrected chi connectivity index (χ1v) is 23.3. The Balaban J connectivity index is 3.51. The molecule has 1 aromatic rings. The number of carboxylic acids is 2. The monoisotopic (exact) mass is 995 g/mol. The van der Waals surface area contributed by atoms with Crippen LogP contribution in [0, 0.1) is 5.92 Å². The number of amides is 9. The maximum atomic E-state index is 14.2. The smallest absolute Gasteiger partial charge is 0.305 e. The van der Waals surface area contributed by atoms with E-state index in [1.54, 1.807) is 13.8 Å². The highest BCUT2D eigenvalue weighted by Crippen LogP contribution is 2.11. The van der Waals surface area contributed by atoms with E-state index in [1.165, 1.54) is 19.4 Å². The number of aromatic amines is 1. The predicted octanol–water partition coefficient (Wildman–Crippen LogP) is -4.26. The molecule has 394 valence electrons. The molecule has 0 unspecified atom stereocenters. The van der Waals surface area contributed by atoms with Gasteiger partial charge in [0.25, 0.3) is 0 Å². The lowest BCUT2D eigenvalue weighted by molar-refractivity contribution is -0.139. The average molecular weight is 995 g/mol. The van der Waals surface area contributed by atoms with Crippen molar-refractivity contribution in [2.45, 2.75) is 153 Å². The standard InChI is InChI=1S/C43H74N14O13/c1-24(2)20-31(56-37(64)25(3)51-34(59)14-18-46)42(69)55-30(11-13-35(60)61)41(68)54-29(10-12-33(47)58)40(67)53-28(9-5-7-17-45)39(66)57-32(21-26-22-48-23-50-26)43(70)52-27(8-4-6-16-44)38(65)49-19-15-36(62)63/h22-25,27-32H,4-21,44-46H2,1-3H3,(H2,47,58)(H,48,50)(H,49,65)(H,51,59)(H,52,70)(H,53,67)(H,54,68)(H,55,69)(H,56,64)(H,57,66)(H,60,61)(H,62,63)/t25-,27-,28-,29-,30-,31-,32-/m0/s1. The van der Waals surface area contributed by atoms with Crippen LogP contribution in [0.15, 0.2) is 12.5 Å². The summed E-state index contributed by atoms with van der Waals surface area (Å²) in [5.74, 6) is -10.1. The van der Waals surface area contributed by atoms with Crippen LogP contribution in [0.1, 0.15) is 110 Å². The van der Waals surface area contributed by atoms with Crippen molar-refractivity contribution >= 4 is 65.1 Å². The van der Waals surface area contributed by atoms with Crippen molar-refractivity contribution < 1.29 is 63.0 Å². The molecule has 0 spiro atoms. The maximum Gasteiger partial charge on any atom is 0.305 e. The highest BCUT2D eigenvalue weighted by Gasteiger charge is 2.34. The third-order valence-corrected chi connectivity index (χ3v) is 10.5. The van der Waals surface area contributed by atoms with Crippen molar-refractivity contribution in [3.63, 3.8) is 0 Å². The molecule has 70 heavy (non-hydrogen) atoms. The number of carbonyl (C=O) groups is 11. The Morgan fingerprint density at radius 3 is 1.46 bits per heavy atom. The second kappa shape index (κ2) is 33.7. The number of nitrogens with one attached hydrogen (secondary N) is 9. The number of primary amides is 1. The number of rotatable bonds is 37. The van der Waals surface area contributed by atoms with E-state index in [2.05, 4.69) is 52.5 Å². The van der Waals surface area contributed by atoms with Crippen molar-refractivity contribution in [3.8, 4) is 0 Å². The molecule has 0 aromatic carbocycles. The Morgan fingerprint density at radius 1 is 0.543 bits per heavy atom. The number of nitrogens with zero attached hydrogens (tertiary/aromatic N) is 1. The lowest BCUT2D eigenvalue weighted by atomic mass is 10.0. The molecule has 27 heteroatoms. The third kappa shape index (κ3) is 25.6. The molecule has 0 aliphatic carbocycles. The second-order valence-corrected chi connectivity index (χ2v) is 17.0. The number of imidazole rings is 1. The van der Waals surface area contributed by atoms with Crippen LogP contribution in [-0.2, 0) is 59.2 Å². The van der Waals surface area contributed by atoms with Crippen LogP contribution >= 0.6 is 0 Å². The van der Waals surface area contributed by atoms with Crippen molar-refractivity contribution in [1.82, 2.24) is 52.5 Å². The van der Waals surface area contributed by atoms with Crippen LogP contribution in [0.3, 0.4) is 0 Å². The Hall–Kier alpha value is -6.74. The van der Waals surface area contributed by atoms with E-state index in [-0.39, 0.29) is 70.5 Å². The summed E-state index contributed by atoms with van der Waals surface area (Å²) in [7, 11) is 0. The minimum atomic E-state index is -1.62. The normalized spacial score (nSPS) is 14.0. The summed E-state index contributed by atoms with van der Waals surface area (Å²) < 4.78 is 0. The first-order valence-electron chi connectivity index (χ1n) is 23.3. The Labute approximate surface area is 406 Å². The van der Waals surface area contributed by atoms with Crippen molar-refractivity contribution in [1.29, 1.82) is 0 Å². The van der Waals surface area contributed by atoms with Crippen LogP contribution in [0.4, 0.5) is 0 Å². The molecule has 0 saturated heterocycles. The first kappa shape index (κ1) is 61.3. The van der Waals surface area contributed by atoms with Crippen molar-refractivity contribution in [3.05, 3.63) is 18.2 Å². The van der Waals surface area contributed by atoms with E-state index in [9.17, 15) is 57.8 Å². The molecule has 0 saturated carbocycles. The van der Waals surface area contributed by atoms with Crippen LogP contribution in [0.5, 0.6) is 0 Å². The number of aliphatic carboxylic acids is 2. The van der Waals surface area contributed by atoms with Gasteiger partial charge in [0.15, 0.2) is 0 Å². The fourth-order valence-corrected chi connectivity index (χ4v) is 6.73. The molecular weight excluding hydrogens is 921 g/mol. The van der Waals surface area contributed by atoms with Gasteiger partial charge in [-0.3, -0.25) is 52.7 Å². The van der Waals surface area contributed by atoms with E-state index < -0.39 is 133 Å². The Bertz CT molecular complexity index is 1880. The maximum absolute atomic E-state index is 14.2. The summed E-state index contributed by atoms with van der Waals surface area (Å²) in [5, 5.41) is 38.7. The largest absolute Gasteiger partial charge is 0.481 e. The zero-order valence-electron chi connectivity index (χ0n) is 40.1. The van der Waals surface area contributed by atoms with Gasteiger partial charge in [-0.2, -0.15) is 0 Å². The topological polar surface area (TPSA) is 457 Å². The van der Waals surface area contributed by atoms with E-state index >= 15 is 0 Å². The zero-order chi connectivity index (χ0) is 52.8. The van der Waals surface area contributed by atoms with Crippen LogP contribution in [0.25, 0.3) is 0 Å². The van der Waals surface area contributed by atoms with Crippen molar-refractivity contribution in [2.75, 3.05) is 26.2 Å². The third-order valence-electron chi connectivity index (χ3n) is 10.5. The molecule has 0 fully saturated rings. The van der Waals surface area contributed by atoms with Gasteiger partial charge in [-0.25, -0.2) is 4.98 Å². The Morgan fingerprint density at radius 2 is 1.00 bits per heavy atom. The fourth-order valence-electron chi connectivity index (χ4n) is 6.73. The number of aromatic nitrogens is 2. The lowest BCUT2D eigenvalue weighted by Gasteiger charge is -2.28. The minimum absolute atomic E-state index is 0.0318. The number of nitrogens with two attached hydrogens (primary N) is 4. The number of carboxylic acid groups (broad SMARTS) is 2. The highest BCUT2D eigenvalue weighted by molar-refractivity contribution is 5.98. The molecule has 0 radical (unpaired) electrons. The molecular formula is C43H74N14O13. The van der Waals surface area contributed by atoms with E-state index in [4.69, 9.17) is 28.0 Å². The zero-order valence-corrected chi connectivity index (χ0v) is 40.1. The fraction of sp³-hybridized carbons (Fsp3) is 0.674. The summed E-state index contributed by atoms with van der Waals surface area (Å²) in [6, 6.07) is -9.55. The summed E-state index contributed by atoms with van der Waals surface area (Å²) in [6.45, 7) is 5.22. The number of H-pyrrole nitrogens is 1. The molecule has 0 aliphatic heterocycles. The number of hydrogen-bond acceptors (Lipinski definition) is 15. The summed E-state index contributed by atoms with van der Waals surface area (Å²) in [5.41, 5.74) is 22.6. The van der Waals surface area contributed by atoms with Gasteiger partial charge in [-0.05, 0) is 83.7 Å². The van der Waals surface area contributed by atoms with E-state index in [1.807, 2.05) is 0 Å². The predicted molar refractivity (Wildman–Crippen MR) is 251 cm³/mol. The van der Waals surface area contributed by atoms with Gasteiger partial charge in [0.2, 0.25) is 53.2 Å². The van der Waals surface area contributed by atoms with Crippen LogP contribution < -0.4 is 65.5 Å².